The second-order valence-corrected chi connectivity index (χ2v) is 3.64. The van der Waals surface area contributed by atoms with E-state index in [-0.39, 0.29) is 12.4 Å². The van der Waals surface area contributed by atoms with E-state index in [0.717, 1.165) is 10.6 Å². The maximum atomic E-state index is 8.45. The van der Waals surface area contributed by atoms with Crippen LogP contribution in [0.5, 0.6) is 0 Å². The second-order valence-electron chi connectivity index (χ2n) is 2.20. The normalized spacial score (nSPS) is 28.9. The van der Waals surface area contributed by atoms with Crippen molar-refractivity contribution < 1.29 is 12.4 Å². The third-order valence-corrected chi connectivity index (χ3v) is 2.46. The molecular weight excluding hydrogens is 184 g/mol. The van der Waals surface area contributed by atoms with Gasteiger partial charge in [-0.25, -0.2) is 5.73 Å². The summed E-state index contributed by atoms with van der Waals surface area (Å²) in [6.07, 6.45) is 0. The van der Waals surface area contributed by atoms with Gasteiger partial charge in [0.15, 0.2) is 4.98 Å². The van der Waals surface area contributed by atoms with Crippen LogP contribution in [0, 0.1) is 5.39 Å². The molecule has 0 saturated carbocycles. The molecular formula is C5H9ClN4S. The van der Waals surface area contributed by atoms with Gasteiger partial charge in [-0.2, -0.15) is 0 Å². The SMILES string of the molecule is CC1=C(C)SC(N)([N+]#N)N1.[Cl-]. The molecule has 0 amide bonds. The van der Waals surface area contributed by atoms with E-state index >= 15 is 0 Å². The van der Waals surface area contributed by atoms with E-state index in [0.29, 0.717) is 0 Å². The van der Waals surface area contributed by atoms with E-state index in [4.69, 9.17) is 11.1 Å². The predicted octanol–water partition coefficient (Wildman–Crippen LogP) is -2.00. The van der Waals surface area contributed by atoms with Gasteiger partial charge in [0.1, 0.15) is 0 Å². The minimum atomic E-state index is -1.05. The zero-order valence-corrected chi connectivity index (χ0v) is 7.83. The van der Waals surface area contributed by atoms with Crippen LogP contribution in [0.25, 0.3) is 4.98 Å². The first kappa shape index (κ1) is 10.6. The average molecular weight is 193 g/mol. The van der Waals surface area contributed by atoms with Crippen LogP contribution >= 0.6 is 11.8 Å². The lowest BCUT2D eigenvalue weighted by atomic mass is 10.4. The summed E-state index contributed by atoms with van der Waals surface area (Å²) in [5.41, 5.74) is 6.50. The zero-order valence-electron chi connectivity index (χ0n) is 6.26. The Labute approximate surface area is 75.6 Å². The third kappa shape index (κ3) is 1.99. The fraction of sp³-hybridized carbons (Fsp3) is 0.600. The molecule has 1 atom stereocenters. The predicted molar refractivity (Wildman–Crippen MR) is 41.1 cm³/mol. The van der Waals surface area contributed by atoms with E-state index in [1.807, 2.05) is 13.8 Å². The molecule has 6 heteroatoms. The second kappa shape index (κ2) is 3.30. The minimum absolute atomic E-state index is 0. The van der Waals surface area contributed by atoms with Gasteiger partial charge in [0.2, 0.25) is 5.39 Å². The maximum absolute atomic E-state index is 8.45. The molecule has 1 rings (SSSR count). The number of hydrogen-bond acceptors (Lipinski definition) is 4. The lowest BCUT2D eigenvalue weighted by molar-refractivity contribution is -0.00000266. The standard InChI is InChI=1S/C5H9N4S.ClH/c1-3-4(2)10-5(6,8-3)9-7;/h8H,6H2,1-2H3;1H/q+1;/p-1. The van der Waals surface area contributed by atoms with Crippen LogP contribution in [0.15, 0.2) is 10.6 Å². The average Bonchev–Trinajstić information content (AvgIpc) is 2.10. The van der Waals surface area contributed by atoms with Gasteiger partial charge in [0.25, 0.3) is 0 Å². The van der Waals surface area contributed by atoms with Gasteiger partial charge in [-0.05, 0) is 13.8 Å². The fourth-order valence-electron chi connectivity index (χ4n) is 0.738. The lowest BCUT2D eigenvalue weighted by Crippen LogP contribution is -3.00. The summed E-state index contributed by atoms with van der Waals surface area (Å²) in [6, 6.07) is 0. The molecule has 0 aromatic heterocycles. The van der Waals surface area contributed by atoms with Gasteiger partial charge >= 0.3 is 5.12 Å². The monoisotopic (exact) mass is 192 g/mol. The number of nitrogens with zero attached hydrogens (tertiary/aromatic N) is 2. The topological polar surface area (TPSA) is 66.2 Å². The summed E-state index contributed by atoms with van der Waals surface area (Å²) in [4.78, 5) is 4.06. The zero-order chi connectivity index (χ0) is 7.78. The molecule has 0 radical (unpaired) electrons. The molecule has 1 aliphatic heterocycles. The van der Waals surface area contributed by atoms with E-state index in [1.165, 1.54) is 11.8 Å². The summed E-state index contributed by atoms with van der Waals surface area (Å²) in [6.45, 7) is 3.81. The summed E-state index contributed by atoms with van der Waals surface area (Å²) < 4.78 is 0. The van der Waals surface area contributed by atoms with E-state index in [9.17, 15) is 0 Å². The minimum Gasteiger partial charge on any atom is -1.00 e. The van der Waals surface area contributed by atoms with Crippen molar-refractivity contribution in [1.82, 2.24) is 5.32 Å². The molecule has 0 saturated heterocycles. The fourth-order valence-corrected chi connectivity index (χ4v) is 1.65. The van der Waals surface area contributed by atoms with Gasteiger partial charge in [0, 0.05) is 22.4 Å². The Balaban J connectivity index is 0.000001000. The van der Waals surface area contributed by atoms with E-state index < -0.39 is 5.12 Å². The molecule has 4 nitrogen and oxygen atoms in total. The maximum Gasteiger partial charge on any atom is 0.506 e. The Kier molecular flexibility index (Phi) is 3.17. The van der Waals surface area contributed by atoms with E-state index in [1.54, 1.807) is 0 Å². The largest absolute Gasteiger partial charge is 1.00 e. The van der Waals surface area contributed by atoms with Crippen molar-refractivity contribution in [2.45, 2.75) is 19.0 Å². The van der Waals surface area contributed by atoms with Gasteiger partial charge in [-0.1, -0.05) is 0 Å². The molecule has 11 heavy (non-hydrogen) atoms. The van der Waals surface area contributed by atoms with Crippen molar-refractivity contribution in [3.8, 4) is 0 Å². The lowest BCUT2D eigenvalue weighted by Gasteiger charge is -2.00. The molecule has 0 spiro atoms. The molecule has 0 fully saturated rings. The number of halogens is 1. The number of allylic oxidation sites excluding steroid dienone is 2. The van der Waals surface area contributed by atoms with Gasteiger partial charge in [-0.3, -0.25) is 5.32 Å². The summed E-state index contributed by atoms with van der Waals surface area (Å²) in [7, 11) is 0. The van der Waals surface area contributed by atoms with Gasteiger partial charge < -0.3 is 12.4 Å². The van der Waals surface area contributed by atoms with Crippen molar-refractivity contribution in [3.63, 3.8) is 0 Å². The summed E-state index contributed by atoms with van der Waals surface area (Å²) in [5.74, 6) is 0. The number of hydrogen-bond donors (Lipinski definition) is 2. The van der Waals surface area contributed by atoms with Crippen molar-refractivity contribution in [2.75, 3.05) is 0 Å². The molecule has 62 valence electrons. The molecule has 0 aromatic rings. The first-order valence-electron chi connectivity index (χ1n) is 2.87. The highest BCUT2D eigenvalue weighted by atomic mass is 35.5. The van der Waals surface area contributed by atoms with Crippen LogP contribution in [0.4, 0.5) is 0 Å². The molecule has 1 heterocycles. The molecule has 3 N–H and O–H groups in total. The Morgan fingerprint density at radius 1 is 1.64 bits per heavy atom. The first-order chi connectivity index (χ1) is 4.57. The highest BCUT2D eigenvalue weighted by molar-refractivity contribution is 8.04. The Hall–Kier alpha value is -0.440. The van der Waals surface area contributed by atoms with Crippen molar-refractivity contribution in [3.05, 3.63) is 15.6 Å². The highest BCUT2D eigenvalue weighted by Crippen LogP contribution is 2.35. The van der Waals surface area contributed by atoms with Crippen LogP contribution in [0.2, 0.25) is 0 Å². The van der Waals surface area contributed by atoms with E-state index in [2.05, 4.69) is 10.3 Å². The highest BCUT2D eigenvalue weighted by Gasteiger charge is 2.45. The van der Waals surface area contributed by atoms with Crippen LogP contribution in [0.3, 0.4) is 0 Å². The van der Waals surface area contributed by atoms with Crippen molar-refractivity contribution in [1.29, 1.82) is 5.39 Å². The van der Waals surface area contributed by atoms with Crippen molar-refractivity contribution in [2.24, 2.45) is 5.73 Å². The molecule has 0 aromatic carbocycles. The van der Waals surface area contributed by atoms with Crippen LogP contribution in [-0.4, -0.2) is 5.12 Å². The van der Waals surface area contributed by atoms with Crippen LogP contribution in [0.1, 0.15) is 13.8 Å². The number of thioether (sulfide) groups is 1. The quantitative estimate of drug-likeness (QED) is 0.436. The Morgan fingerprint density at radius 2 is 2.18 bits per heavy atom. The molecule has 1 aliphatic rings. The number of nitrogens with two attached hydrogens (primary N) is 1. The van der Waals surface area contributed by atoms with Gasteiger partial charge in [-0.15, -0.1) is 0 Å². The summed E-state index contributed by atoms with van der Waals surface area (Å²) in [5, 5.41) is 10.2. The van der Waals surface area contributed by atoms with Crippen LogP contribution < -0.4 is 23.5 Å². The number of nitrogens with one attached hydrogen (secondary N) is 1. The Bertz CT molecular complexity index is 217. The Morgan fingerprint density at radius 3 is 2.36 bits per heavy atom. The number of rotatable bonds is 0. The van der Waals surface area contributed by atoms with Crippen molar-refractivity contribution >= 4 is 11.8 Å². The smallest absolute Gasteiger partial charge is 0.506 e. The first-order valence-corrected chi connectivity index (χ1v) is 3.69. The molecule has 1 unspecified atom stereocenters. The van der Waals surface area contributed by atoms with Gasteiger partial charge in [0.05, 0.1) is 0 Å². The molecule has 0 bridgehead atoms. The van der Waals surface area contributed by atoms with Crippen LogP contribution in [-0.2, 0) is 0 Å². The summed E-state index contributed by atoms with van der Waals surface area (Å²) >= 11 is 1.31. The molecule has 0 aliphatic carbocycles. The number of diazo groups is 1. The third-order valence-electron chi connectivity index (χ3n) is 1.35.